The van der Waals surface area contributed by atoms with Gasteiger partial charge in [-0.2, -0.15) is 4.31 Å². The normalized spacial score (nSPS) is 16.7. The van der Waals surface area contributed by atoms with Crippen LogP contribution in [-0.4, -0.2) is 58.2 Å². The number of halogens is 1. The molecule has 0 bridgehead atoms. The first-order valence-electron chi connectivity index (χ1n) is 9.84. The van der Waals surface area contributed by atoms with E-state index in [0.29, 0.717) is 67.2 Å². The molecule has 2 aromatic rings. The van der Waals surface area contributed by atoms with Crippen LogP contribution in [0.2, 0.25) is 5.02 Å². The van der Waals surface area contributed by atoms with Crippen molar-refractivity contribution in [2.45, 2.75) is 17.9 Å². The zero-order chi connectivity index (χ0) is 21.8. The van der Waals surface area contributed by atoms with Gasteiger partial charge in [0.05, 0.1) is 29.6 Å². The van der Waals surface area contributed by atoms with Crippen LogP contribution in [0.3, 0.4) is 0 Å². The molecule has 4 rings (SSSR count). The van der Waals surface area contributed by atoms with Gasteiger partial charge in [0.1, 0.15) is 19.8 Å². The lowest BCUT2D eigenvalue weighted by Crippen LogP contribution is -2.40. The second kappa shape index (κ2) is 9.44. The summed E-state index contributed by atoms with van der Waals surface area (Å²) in [4.78, 5) is 12.5. The molecule has 0 radical (unpaired) electrons. The Hall–Kier alpha value is -2.33. The third-order valence-corrected chi connectivity index (χ3v) is 7.09. The highest BCUT2D eigenvalue weighted by atomic mass is 35.5. The first-order valence-corrected chi connectivity index (χ1v) is 11.7. The van der Waals surface area contributed by atoms with Crippen LogP contribution < -0.4 is 9.47 Å². The van der Waals surface area contributed by atoms with E-state index in [1.807, 2.05) is 0 Å². The largest absolute Gasteiger partial charge is 0.486 e. The number of esters is 1. The minimum absolute atomic E-state index is 0.00211. The summed E-state index contributed by atoms with van der Waals surface area (Å²) >= 11 is 6.20. The lowest BCUT2D eigenvalue weighted by Gasteiger charge is -2.26. The first kappa shape index (κ1) is 21.9. The molecule has 31 heavy (non-hydrogen) atoms. The Morgan fingerprint density at radius 1 is 1.03 bits per heavy atom. The van der Waals surface area contributed by atoms with Gasteiger partial charge in [0.2, 0.25) is 10.0 Å². The zero-order valence-corrected chi connectivity index (χ0v) is 18.3. The molecule has 1 fully saturated rings. The Morgan fingerprint density at radius 3 is 2.61 bits per heavy atom. The van der Waals surface area contributed by atoms with Gasteiger partial charge in [-0.3, -0.25) is 4.79 Å². The Morgan fingerprint density at radius 2 is 1.81 bits per heavy atom. The fourth-order valence-electron chi connectivity index (χ4n) is 3.38. The van der Waals surface area contributed by atoms with E-state index < -0.39 is 16.0 Å². The Labute approximate surface area is 185 Å². The standard InChI is InChI=1S/C21H22ClNO7S/c22-18-11-16(12-19-21(18)29-9-8-28-19)13-20(24)30-14-15-2-1-3-17(10-15)31(25,26)23-4-6-27-7-5-23/h1-3,10-12H,4-9,13-14H2. The average Bonchev–Trinajstić information content (AvgIpc) is 2.78. The van der Waals surface area contributed by atoms with Gasteiger partial charge in [-0.25, -0.2) is 8.42 Å². The lowest BCUT2D eigenvalue weighted by molar-refractivity contribution is -0.144. The number of carbonyl (C=O) groups excluding carboxylic acids is 1. The number of fused-ring (bicyclic) bond motifs is 1. The second-order valence-corrected chi connectivity index (χ2v) is 9.45. The van der Waals surface area contributed by atoms with E-state index in [1.54, 1.807) is 24.3 Å². The van der Waals surface area contributed by atoms with Crippen LogP contribution in [0.5, 0.6) is 11.5 Å². The van der Waals surface area contributed by atoms with Gasteiger partial charge >= 0.3 is 5.97 Å². The molecule has 2 aliphatic heterocycles. The van der Waals surface area contributed by atoms with Crippen LogP contribution in [0.4, 0.5) is 0 Å². The smallest absolute Gasteiger partial charge is 0.310 e. The molecule has 0 N–H and O–H groups in total. The number of benzene rings is 2. The molecular weight excluding hydrogens is 446 g/mol. The summed E-state index contributed by atoms with van der Waals surface area (Å²) in [5, 5.41) is 0.376. The summed E-state index contributed by atoms with van der Waals surface area (Å²) < 4.78 is 48.5. The van der Waals surface area contributed by atoms with Crippen LogP contribution in [0, 0.1) is 0 Å². The third kappa shape index (κ3) is 5.12. The molecule has 2 aliphatic rings. The van der Waals surface area contributed by atoms with Crippen molar-refractivity contribution in [3.8, 4) is 11.5 Å². The fourth-order valence-corrected chi connectivity index (χ4v) is 5.15. The Balaban J connectivity index is 1.39. The molecule has 0 amide bonds. The molecule has 0 aromatic heterocycles. The number of hydrogen-bond donors (Lipinski definition) is 0. The Bertz CT molecular complexity index is 1070. The van der Waals surface area contributed by atoms with E-state index in [0.717, 1.165) is 0 Å². The first-order chi connectivity index (χ1) is 14.9. The zero-order valence-electron chi connectivity index (χ0n) is 16.7. The maximum absolute atomic E-state index is 12.8. The van der Waals surface area contributed by atoms with Crippen molar-refractivity contribution in [3.63, 3.8) is 0 Å². The number of rotatable bonds is 6. The van der Waals surface area contributed by atoms with Crippen LogP contribution in [-0.2, 0) is 37.3 Å². The Kier molecular flexibility index (Phi) is 6.66. The summed E-state index contributed by atoms with van der Waals surface area (Å²) in [5.41, 5.74) is 1.23. The lowest BCUT2D eigenvalue weighted by atomic mass is 10.1. The molecule has 0 atom stereocenters. The van der Waals surface area contributed by atoms with Crippen molar-refractivity contribution < 1.29 is 32.2 Å². The highest BCUT2D eigenvalue weighted by Crippen LogP contribution is 2.38. The van der Waals surface area contributed by atoms with Crippen molar-refractivity contribution in [1.82, 2.24) is 4.31 Å². The quantitative estimate of drug-likeness (QED) is 0.602. The van der Waals surface area contributed by atoms with Gasteiger partial charge in [0.15, 0.2) is 11.5 Å². The number of nitrogens with zero attached hydrogens (tertiary/aromatic N) is 1. The summed E-state index contributed by atoms with van der Waals surface area (Å²) in [6, 6.07) is 9.76. The maximum atomic E-state index is 12.8. The molecule has 166 valence electrons. The summed E-state index contributed by atoms with van der Waals surface area (Å²) in [6.07, 6.45) is 0.00211. The summed E-state index contributed by atoms with van der Waals surface area (Å²) in [6.45, 7) is 2.19. The third-order valence-electron chi connectivity index (χ3n) is 4.91. The van der Waals surface area contributed by atoms with E-state index in [1.165, 1.54) is 16.4 Å². The van der Waals surface area contributed by atoms with E-state index in [9.17, 15) is 13.2 Å². The molecular formula is C21H22ClNO7S. The molecule has 1 saturated heterocycles. The van der Waals surface area contributed by atoms with Gasteiger partial charge in [-0.15, -0.1) is 0 Å². The average molecular weight is 468 g/mol. The molecule has 0 spiro atoms. The molecule has 0 unspecified atom stereocenters. The molecule has 0 aliphatic carbocycles. The predicted octanol–water partition coefficient (Wildman–Crippen LogP) is 2.42. The van der Waals surface area contributed by atoms with Crippen LogP contribution in [0.25, 0.3) is 0 Å². The molecule has 8 nitrogen and oxygen atoms in total. The maximum Gasteiger partial charge on any atom is 0.310 e. The van der Waals surface area contributed by atoms with Crippen molar-refractivity contribution in [2.24, 2.45) is 0 Å². The second-order valence-electron chi connectivity index (χ2n) is 7.10. The number of morpholine rings is 1. The van der Waals surface area contributed by atoms with Crippen molar-refractivity contribution in [2.75, 3.05) is 39.5 Å². The van der Waals surface area contributed by atoms with Crippen molar-refractivity contribution >= 4 is 27.6 Å². The van der Waals surface area contributed by atoms with E-state index in [2.05, 4.69) is 0 Å². The fraction of sp³-hybridized carbons (Fsp3) is 0.381. The van der Waals surface area contributed by atoms with E-state index in [-0.39, 0.29) is 17.9 Å². The number of sulfonamides is 1. The van der Waals surface area contributed by atoms with Gasteiger partial charge in [0, 0.05) is 13.1 Å². The minimum atomic E-state index is -3.61. The van der Waals surface area contributed by atoms with Crippen molar-refractivity contribution in [3.05, 3.63) is 52.5 Å². The van der Waals surface area contributed by atoms with Crippen LogP contribution >= 0.6 is 11.6 Å². The highest BCUT2D eigenvalue weighted by Gasteiger charge is 2.26. The van der Waals surface area contributed by atoms with E-state index >= 15 is 0 Å². The monoisotopic (exact) mass is 467 g/mol. The SMILES string of the molecule is O=C(Cc1cc(Cl)c2c(c1)OCCO2)OCc1cccc(S(=O)(=O)N2CCOCC2)c1. The predicted molar refractivity (Wildman–Crippen MR) is 112 cm³/mol. The van der Waals surface area contributed by atoms with Crippen LogP contribution in [0.15, 0.2) is 41.3 Å². The number of ether oxygens (including phenoxy) is 4. The van der Waals surface area contributed by atoms with Crippen molar-refractivity contribution in [1.29, 1.82) is 0 Å². The molecule has 2 heterocycles. The van der Waals surface area contributed by atoms with Crippen LogP contribution in [0.1, 0.15) is 11.1 Å². The topological polar surface area (TPSA) is 91.4 Å². The number of hydrogen-bond acceptors (Lipinski definition) is 7. The minimum Gasteiger partial charge on any atom is -0.486 e. The summed E-state index contributed by atoms with van der Waals surface area (Å²) in [7, 11) is -3.61. The summed E-state index contributed by atoms with van der Waals surface area (Å²) in [5.74, 6) is 0.514. The van der Waals surface area contributed by atoms with Gasteiger partial charge < -0.3 is 18.9 Å². The molecule has 0 saturated carbocycles. The van der Waals surface area contributed by atoms with Gasteiger partial charge in [0.25, 0.3) is 0 Å². The van der Waals surface area contributed by atoms with E-state index in [4.69, 9.17) is 30.5 Å². The highest BCUT2D eigenvalue weighted by molar-refractivity contribution is 7.89. The molecule has 10 heteroatoms. The van der Waals surface area contributed by atoms with Gasteiger partial charge in [-0.05, 0) is 35.4 Å². The van der Waals surface area contributed by atoms with Gasteiger partial charge in [-0.1, -0.05) is 23.7 Å². The molecule has 2 aromatic carbocycles. The number of carbonyl (C=O) groups is 1.